The second kappa shape index (κ2) is 5.76. The van der Waals surface area contributed by atoms with Crippen LogP contribution in [0.15, 0.2) is 23.1 Å². The van der Waals surface area contributed by atoms with Crippen LogP contribution in [0, 0.1) is 10.1 Å². The third-order valence-corrected chi connectivity index (χ3v) is 4.95. The van der Waals surface area contributed by atoms with E-state index in [-0.39, 0.29) is 16.6 Å². The van der Waals surface area contributed by atoms with E-state index in [9.17, 15) is 18.5 Å². The molecule has 0 spiro atoms. The Kier molecular flexibility index (Phi) is 4.24. The Hall–Kier alpha value is -1.67. The summed E-state index contributed by atoms with van der Waals surface area (Å²) in [6.45, 7) is 0. The minimum Gasteiger partial charge on any atom is -0.393 e. The zero-order valence-electron chi connectivity index (χ0n) is 10.9. The summed E-state index contributed by atoms with van der Waals surface area (Å²) >= 11 is 0. The van der Waals surface area contributed by atoms with Crippen molar-refractivity contribution in [2.45, 2.75) is 43.0 Å². The fourth-order valence-electron chi connectivity index (χ4n) is 2.36. The van der Waals surface area contributed by atoms with E-state index in [0.717, 1.165) is 38.2 Å². The van der Waals surface area contributed by atoms with Gasteiger partial charge in [0.15, 0.2) is 0 Å². The number of anilines is 1. The molecule has 1 aliphatic carbocycles. The van der Waals surface area contributed by atoms with Gasteiger partial charge in [-0.3, -0.25) is 10.1 Å². The largest absolute Gasteiger partial charge is 0.393 e. The van der Waals surface area contributed by atoms with Gasteiger partial charge in [-0.2, -0.15) is 0 Å². The lowest BCUT2D eigenvalue weighted by atomic mass is 9.96. The number of hydrogen-bond donors (Lipinski definition) is 2. The van der Waals surface area contributed by atoms with Gasteiger partial charge in [-0.25, -0.2) is 13.1 Å². The number of nitrogens with two attached hydrogens (primary N) is 1. The van der Waals surface area contributed by atoms with Crippen LogP contribution >= 0.6 is 0 Å². The van der Waals surface area contributed by atoms with Gasteiger partial charge in [0, 0.05) is 12.1 Å². The fourth-order valence-corrected chi connectivity index (χ4v) is 3.68. The summed E-state index contributed by atoms with van der Waals surface area (Å²) < 4.78 is 27.0. The van der Waals surface area contributed by atoms with Crippen molar-refractivity contribution in [3.63, 3.8) is 0 Å². The van der Waals surface area contributed by atoms with E-state index < -0.39 is 20.6 Å². The van der Waals surface area contributed by atoms with Crippen molar-refractivity contribution in [1.82, 2.24) is 4.72 Å². The van der Waals surface area contributed by atoms with Crippen LogP contribution in [0.25, 0.3) is 0 Å². The second-order valence-corrected chi connectivity index (χ2v) is 6.65. The molecule has 0 amide bonds. The van der Waals surface area contributed by atoms with Gasteiger partial charge < -0.3 is 5.73 Å². The highest BCUT2D eigenvalue weighted by atomic mass is 32.2. The average molecular weight is 299 g/mol. The van der Waals surface area contributed by atoms with E-state index >= 15 is 0 Å². The summed E-state index contributed by atoms with van der Waals surface area (Å²) in [4.78, 5) is 9.99. The zero-order chi connectivity index (χ0) is 14.8. The van der Waals surface area contributed by atoms with E-state index in [1.165, 1.54) is 12.1 Å². The first-order valence-corrected chi connectivity index (χ1v) is 7.95. The number of rotatable bonds is 4. The summed E-state index contributed by atoms with van der Waals surface area (Å²) in [6.07, 6.45) is 4.71. The highest BCUT2D eigenvalue weighted by Gasteiger charge is 2.24. The molecule has 0 bridgehead atoms. The number of benzene rings is 1. The van der Waals surface area contributed by atoms with Crippen molar-refractivity contribution >= 4 is 21.4 Å². The lowest BCUT2D eigenvalue weighted by molar-refractivity contribution is -0.384. The molecule has 3 N–H and O–H groups in total. The number of nitrogen functional groups attached to an aromatic ring is 1. The maximum Gasteiger partial charge on any atom is 0.293 e. The van der Waals surface area contributed by atoms with Crippen molar-refractivity contribution in [2.24, 2.45) is 0 Å². The standard InChI is InChI=1S/C12H17N3O4S/c13-11-7-6-10(8-12(11)15(16)17)20(18,19)14-9-4-2-1-3-5-9/h6-9,14H,1-5,13H2. The molecule has 0 heterocycles. The Morgan fingerprint density at radius 3 is 2.50 bits per heavy atom. The predicted octanol–water partition coefficient (Wildman–Crippen LogP) is 1.79. The molecule has 20 heavy (non-hydrogen) atoms. The molecule has 1 aromatic carbocycles. The van der Waals surface area contributed by atoms with Gasteiger partial charge >= 0.3 is 0 Å². The number of nitro benzene ring substituents is 1. The summed E-state index contributed by atoms with van der Waals surface area (Å²) in [6, 6.07) is 3.44. The van der Waals surface area contributed by atoms with Crippen molar-refractivity contribution in [3.05, 3.63) is 28.3 Å². The number of nitrogens with one attached hydrogen (secondary N) is 1. The SMILES string of the molecule is Nc1ccc(S(=O)(=O)NC2CCCCC2)cc1[N+](=O)[O-]. The van der Waals surface area contributed by atoms with Crippen LogP contribution in [0.5, 0.6) is 0 Å². The number of nitro groups is 1. The maximum atomic E-state index is 12.2. The van der Waals surface area contributed by atoms with E-state index in [1.807, 2.05) is 0 Å². The minimum atomic E-state index is -3.74. The molecule has 7 nitrogen and oxygen atoms in total. The molecule has 0 atom stereocenters. The van der Waals surface area contributed by atoms with Gasteiger partial charge in [0.2, 0.25) is 10.0 Å². The molecule has 0 aliphatic heterocycles. The van der Waals surface area contributed by atoms with Crippen LogP contribution < -0.4 is 10.5 Å². The molecule has 0 unspecified atom stereocenters. The Bertz CT molecular complexity index is 609. The topological polar surface area (TPSA) is 115 Å². The van der Waals surface area contributed by atoms with Gasteiger partial charge in [-0.1, -0.05) is 19.3 Å². The third-order valence-electron chi connectivity index (χ3n) is 3.44. The van der Waals surface area contributed by atoms with Crippen LogP contribution in [0.2, 0.25) is 0 Å². The Morgan fingerprint density at radius 2 is 1.90 bits per heavy atom. The second-order valence-electron chi connectivity index (χ2n) is 4.93. The van der Waals surface area contributed by atoms with Crippen LogP contribution in [-0.2, 0) is 10.0 Å². The first-order valence-electron chi connectivity index (χ1n) is 6.46. The van der Waals surface area contributed by atoms with Crippen LogP contribution in [0.3, 0.4) is 0 Å². The molecule has 2 rings (SSSR count). The molecule has 110 valence electrons. The van der Waals surface area contributed by atoms with Gasteiger partial charge in [0.05, 0.1) is 9.82 Å². The lowest BCUT2D eigenvalue weighted by Crippen LogP contribution is -2.36. The van der Waals surface area contributed by atoms with E-state index in [2.05, 4.69) is 4.72 Å². The molecule has 0 aromatic heterocycles. The number of sulfonamides is 1. The van der Waals surface area contributed by atoms with Crippen molar-refractivity contribution in [2.75, 3.05) is 5.73 Å². The molecule has 1 saturated carbocycles. The smallest absolute Gasteiger partial charge is 0.293 e. The van der Waals surface area contributed by atoms with Crippen LogP contribution in [-0.4, -0.2) is 19.4 Å². The highest BCUT2D eigenvalue weighted by molar-refractivity contribution is 7.89. The van der Waals surface area contributed by atoms with Crippen molar-refractivity contribution in [3.8, 4) is 0 Å². The molecule has 1 fully saturated rings. The summed E-state index contributed by atoms with van der Waals surface area (Å²) in [5.41, 5.74) is 5.02. The Morgan fingerprint density at radius 1 is 1.25 bits per heavy atom. The molecule has 0 saturated heterocycles. The molecular weight excluding hydrogens is 282 g/mol. The monoisotopic (exact) mass is 299 g/mol. The van der Waals surface area contributed by atoms with Gasteiger partial charge in [-0.05, 0) is 25.0 Å². The average Bonchev–Trinajstić information content (AvgIpc) is 2.39. The summed E-state index contributed by atoms with van der Waals surface area (Å²) in [5.74, 6) is 0. The normalized spacial score (nSPS) is 17.0. The Balaban J connectivity index is 2.24. The maximum absolute atomic E-state index is 12.2. The van der Waals surface area contributed by atoms with E-state index in [4.69, 9.17) is 5.73 Å². The first kappa shape index (κ1) is 14.7. The van der Waals surface area contributed by atoms with Crippen molar-refractivity contribution in [1.29, 1.82) is 0 Å². The quantitative estimate of drug-likeness (QED) is 0.499. The van der Waals surface area contributed by atoms with Gasteiger partial charge in [-0.15, -0.1) is 0 Å². The Labute approximate surface area is 117 Å². The van der Waals surface area contributed by atoms with Crippen LogP contribution in [0.4, 0.5) is 11.4 Å². The number of nitrogens with zero attached hydrogens (tertiary/aromatic N) is 1. The lowest BCUT2D eigenvalue weighted by Gasteiger charge is -2.22. The van der Waals surface area contributed by atoms with Crippen LogP contribution in [0.1, 0.15) is 32.1 Å². The molecule has 8 heteroatoms. The fraction of sp³-hybridized carbons (Fsp3) is 0.500. The number of hydrogen-bond acceptors (Lipinski definition) is 5. The van der Waals surface area contributed by atoms with Gasteiger partial charge in [0.25, 0.3) is 5.69 Å². The predicted molar refractivity (Wildman–Crippen MR) is 74.7 cm³/mol. The van der Waals surface area contributed by atoms with E-state index in [1.54, 1.807) is 0 Å². The molecule has 0 radical (unpaired) electrons. The molecule has 1 aliphatic rings. The first-order chi connectivity index (χ1) is 9.40. The van der Waals surface area contributed by atoms with E-state index in [0.29, 0.717) is 0 Å². The minimum absolute atomic E-state index is 0.0494. The van der Waals surface area contributed by atoms with Crippen molar-refractivity contribution < 1.29 is 13.3 Å². The zero-order valence-corrected chi connectivity index (χ0v) is 11.7. The summed E-state index contributed by atoms with van der Waals surface area (Å²) in [5, 5.41) is 10.8. The molecular formula is C12H17N3O4S. The molecule has 1 aromatic rings. The summed E-state index contributed by atoms with van der Waals surface area (Å²) in [7, 11) is -3.74. The van der Waals surface area contributed by atoms with Gasteiger partial charge in [0.1, 0.15) is 5.69 Å². The third kappa shape index (κ3) is 3.26. The highest BCUT2D eigenvalue weighted by Crippen LogP contribution is 2.26.